The lowest BCUT2D eigenvalue weighted by Gasteiger charge is -2.11. The molecule has 0 amide bonds. The first kappa shape index (κ1) is 19.5. The molecule has 1 aromatic heterocycles. The van der Waals surface area contributed by atoms with Crippen molar-refractivity contribution in [3.63, 3.8) is 0 Å². The maximum Gasteiger partial charge on any atom is 0.416 e. The van der Waals surface area contributed by atoms with E-state index in [1.54, 1.807) is 6.20 Å². The maximum atomic E-state index is 12.7. The van der Waals surface area contributed by atoms with E-state index >= 15 is 0 Å². The fourth-order valence-electron chi connectivity index (χ4n) is 1.68. The van der Waals surface area contributed by atoms with Crippen LogP contribution in [0.4, 0.5) is 13.2 Å². The highest BCUT2D eigenvalue weighted by atomic mass is 35.5. The molecule has 0 saturated carbocycles. The fourth-order valence-corrected chi connectivity index (χ4v) is 4.93. The van der Waals surface area contributed by atoms with Crippen LogP contribution in [0.5, 0.6) is 0 Å². The zero-order valence-corrected chi connectivity index (χ0v) is 15.2. The molecule has 24 heavy (non-hydrogen) atoms. The van der Waals surface area contributed by atoms with Gasteiger partial charge in [0.05, 0.1) is 10.6 Å². The highest BCUT2D eigenvalue weighted by molar-refractivity contribution is 8.01. The summed E-state index contributed by atoms with van der Waals surface area (Å²) < 4.78 is 65.6. The number of hydrogen-bond donors (Lipinski definition) is 1. The van der Waals surface area contributed by atoms with Gasteiger partial charge in [-0.05, 0) is 24.6 Å². The van der Waals surface area contributed by atoms with Crippen LogP contribution in [0.2, 0.25) is 5.02 Å². The zero-order chi connectivity index (χ0) is 17.8. The van der Waals surface area contributed by atoms with Crippen molar-refractivity contribution < 1.29 is 21.6 Å². The molecule has 1 aromatic carbocycles. The maximum absolute atomic E-state index is 12.7. The van der Waals surface area contributed by atoms with Crippen LogP contribution in [0.3, 0.4) is 0 Å². The van der Waals surface area contributed by atoms with Crippen LogP contribution in [-0.4, -0.2) is 25.7 Å². The smallest absolute Gasteiger partial charge is 0.238 e. The molecule has 0 aliphatic heterocycles. The number of benzene rings is 1. The van der Waals surface area contributed by atoms with Crippen LogP contribution >= 0.6 is 34.7 Å². The molecule has 0 unspecified atom stereocenters. The number of rotatable bonds is 7. The van der Waals surface area contributed by atoms with Gasteiger partial charge < -0.3 is 0 Å². The molecule has 0 saturated heterocycles. The van der Waals surface area contributed by atoms with Crippen LogP contribution < -0.4 is 4.72 Å². The Morgan fingerprint density at radius 3 is 2.71 bits per heavy atom. The molecule has 4 nitrogen and oxygen atoms in total. The van der Waals surface area contributed by atoms with Gasteiger partial charge in [0.15, 0.2) is 0 Å². The summed E-state index contributed by atoms with van der Waals surface area (Å²) in [5.41, 5.74) is -1.06. The first-order valence-electron chi connectivity index (χ1n) is 6.59. The lowest BCUT2D eigenvalue weighted by molar-refractivity contribution is -0.137. The van der Waals surface area contributed by atoms with Crippen molar-refractivity contribution in [1.29, 1.82) is 0 Å². The van der Waals surface area contributed by atoms with E-state index in [0.29, 0.717) is 18.2 Å². The van der Waals surface area contributed by atoms with Crippen LogP contribution in [0, 0.1) is 0 Å². The Bertz CT molecular complexity index is 780. The topological polar surface area (TPSA) is 59.1 Å². The number of hydrogen-bond acceptors (Lipinski definition) is 5. The van der Waals surface area contributed by atoms with Gasteiger partial charge in [-0.1, -0.05) is 23.4 Å². The number of aromatic nitrogens is 1. The van der Waals surface area contributed by atoms with Gasteiger partial charge in [-0.3, -0.25) is 0 Å². The van der Waals surface area contributed by atoms with E-state index in [4.69, 9.17) is 11.6 Å². The molecule has 0 fully saturated rings. The van der Waals surface area contributed by atoms with Gasteiger partial charge >= 0.3 is 6.18 Å². The average Bonchev–Trinajstić information content (AvgIpc) is 2.99. The van der Waals surface area contributed by atoms with Crippen LogP contribution in [0.1, 0.15) is 12.0 Å². The molecular weight excluding hydrogens is 405 g/mol. The monoisotopic (exact) mass is 416 g/mol. The van der Waals surface area contributed by atoms with Crippen molar-refractivity contribution in [3.05, 3.63) is 40.4 Å². The predicted molar refractivity (Wildman–Crippen MR) is 89.1 cm³/mol. The van der Waals surface area contributed by atoms with E-state index < -0.39 is 26.7 Å². The summed E-state index contributed by atoms with van der Waals surface area (Å²) in [5.74, 6) is 0.631. The second kappa shape index (κ2) is 8.05. The average molecular weight is 417 g/mol. The summed E-state index contributed by atoms with van der Waals surface area (Å²) in [5, 5.41) is 1.58. The van der Waals surface area contributed by atoms with Gasteiger partial charge in [-0.15, -0.1) is 11.3 Å². The van der Waals surface area contributed by atoms with Crippen LogP contribution in [0.15, 0.2) is 39.0 Å². The highest BCUT2D eigenvalue weighted by Crippen LogP contribution is 2.33. The number of thioether (sulfide) groups is 1. The van der Waals surface area contributed by atoms with Gasteiger partial charge in [-0.2, -0.15) is 13.2 Å². The van der Waals surface area contributed by atoms with Gasteiger partial charge in [0.25, 0.3) is 0 Å². The second-order valence-corrected chi connectivity index (χ2v) is 8.92. The van der Waals surface area contributed by atoms with Gasteiger partial charge in [0.2, 0.25) is 10.0 Å². The fraction of sp³-hybridized carbons (Fsp3) is 0.308. The van der Waals surface area contributed by atoms with Crippen molar-refractivity contribution >= 4 is 44.7 Å². The van der Waals surface area contributed by atoms with Crippen molar-refractivity contribution in [3.8, 4) is 0 Å². The highest BCUT2D eigenvalue weighted by Gasteiger charge is 2.32. The van der Waals surface area contributed by atoms with Crippen LogP contribution in [0.25, 0.3) is 0 Å². The van der Waals surface area contributed by atoms with Crippen molar-refractivity contribution in [2.45, 2.75) is 21.8 Å². The summed E-state index contributed by atoms with van der Waals surface area (Å²) >= 11 is 8.70. The summed E-state index contributed by atoms with van der Waals surface area (Å²) in [6, 6.07) is 2.21. The second-order valence-electron chi connectivity index (χ2n) is 4.54. The first-order chi connectivity index (χ1) is 11.2. The quantitative estimate of drug-likeness (QED) is 0.540. The third-order valence-corrected chi connectivity index (χ3v) is 6.79. The summed E-state index contributed by atoms with van der Waals surface area (Å²) in [6.45, 7) is 0.0906. The van der Waals surface area contributed by atoms with Crippen molar-refractivity contribution in [1.82, 2.24) is 9.71 Å². The molecule has 1 N–H and O–H groups in total. The minimum Gasteiger partial charge on any atom is -0.238 e. The molecule has 2 aromatic rings. The minimum absolute atomic E-state index is 0.0906. The number of alkyl halides is 3. The molecule has 132 valence electrons. The number of sulfonamides is 1. The third kappa shape index (κ3) is 5.35. The number of thiazole rings is 1. The van der Waals surface area contributed by atoms with E-state index in [2.05, 4.69) is 9.71 Å². The Balaban J connectivity index is 1.97. The van der Waals surface area contributed by atoms with Crippen molar-refractivity contribution in [2.24, 2.45) is 0 Å². The molecule has 0 aliphatic rings. The van der Waals surface area contributed by atoms with E-state index in [1.165, 1.54) is 23.1 Å². The Kier molecular flexibility index (Phi) is 6.54. The first-order valence-corrected chi connectivity index (χ1v) is 10.3. The molecule has 0 radical (unpaired) electrons. The lowest BCUT2D eigenvalue weighted by atomic mass is 10.2. The van der Waals surface area contributed by atoms with Gasteiger partial charge in [0.1, 0.15) is 9.24 Å². The number of nitrogens with one attached hydrogen (secondary N) is 1. The largest absolute Gasteiger partial charge is 0.416 e. The molecule has 2 rings (SSSR count). The predicted octanol–water partition coefficient (Wildman–Crippen LogP) is 4.28. The Morgan fingerprint density at radius 2 is 2.08 bits per heavy atom. The number of nitrogens with zero attached hydrogens (tertiary/aromatic N) is 1. The van der Waals surface area contributed by atoms with E-state index in [0.717, 1.165) is 16.5 Å². The van der Waals surface area contributed by atoms with Crippen LogP contribution in [-0.2, 0) is 16.2 Å². The summed E-state index contributed by atoms with van der Waals surface area (Å²) in [6.07, 6.45) is -2.47. The van der Waals surface area contributed by atoms with Gasteiger partial charge in [-0.25, -0.2) is 18.1 Å². The van der Waals surface area contributed by atoms with Crippen molar-refractivity contribution in [2.75, 3.05) is 12.3 Å². The zero-order valence-electron chi connectivity index (χ0n) is 12.0. The molecule has 1 heterocycles. The minimum atomic E-state index is -4.64. The Morgan fingerprint density at radius 1 is 1.33 bits per heavy atom. The molecule has 0 spiro atoms. The normalized spacial score (nSPS) is 12.5. The molecule has 11 heteroatoms. The Labute approximate surface area is 150 Å². The SMILES string of the molecule is O=S(=O)(NCCCSc1nccs1)c1cc(C(F)(F)F)ccc1Cl. The van der Waals surface area contributed by atoms with E-state index in [-0.39, 0.29) is 11.6 Å². The molecule has 0 bridgehead atoms. The van der Waals surface area contributed by atoms with E-state index in [1.807, 2.05) is 5.38 Å². The lowest BCUT2D eigenvalue weighted by Crippen LogP contribution is -2.26. The Hall–Kier alpha value is -0.810. The van der Waals surface area contributed by atoms with E-state index in [9.17, 15) is 21.6 Å². The standard InChI is InChI=1S/C13H12ClF3N2O2S3/c14-10-3-2-9(13(15,16)17)8-11(10)24(20,21)19-4-1-6-22-12-18-5-7-23-12/h2-3,5,7-8,19H,1,4,6H2. The third-order valence-electron chi connectivity index (χ3n) is 2.80. The van der Waals surface area contributed by atoms with Gasteiger partial charge in [0, 0.05) is 23.9 Å². The number of halogens is 4. The molecular formula is C13H12ClF3N2O2S3. The molecule has 0 atom stereocenters. The summed E-state index contributed by atoms with van der Waals surface area (Å²) in [7, 11) is -4.11. The molecule has 0 aliphatic carbocycles. The summed E-state index contributed by atoms with van der Waals surface area (Å²) in [4.78, 5) is 3.50.